The lowest BCUT2D eigenvalue weighted by Crippen LogP contribution is -2.51. The van der Waals surface area contributed by atoms with Gasteiger partial charge in [-0.25, -0.2) is 0 Å². The van der Waals surface area contributed by atoms with Crippen molar-refractivity contribution in [2.24, 2.45) is 5.92 Å². The summed E-state index contributed by atoms with van der Waals surface area (Å²) in [6.07, 6.45) is 1.50. The second kappa shape index (κ2) is 7.13. The van der Waals surface area contributed by atoms with Crippen LogP contribution in [0.4, 0.5) is 0 Å². The third kappa shape index (κ3) is 3.61. The van der Waals surface area contributed by atoms with Crippen molar-refractivity contribution in [1.82, 2.24) is 10.6 Å². The van der Waals surface area contributed by atoms with E-state index in [1.807, 2.05) is 0 Å². The molecule has 1 aliphatic rings. The minimum atomic E-state index is -0.649. The van der Waals surface area contributed by atoms with Gasteiger partial charge in [-0.15, -0.1) is 0 Å². The van der Waals surface area contributed by atoms with Crippen LogP contribution in [-0.2, 0) is 9.53 Å². The molecule has 2 N–H and O–H groups in total. The predicted octanol–water partition coefficient (Wildman–Crippen LogP) is 3.37. The van der Waals surface area contributed by atoms with Gasteiger partial charge in [0, 0.05) is 5.70 Å². The molecule has 0 saturated carbocycles. The van der Waals surface area contributed by atoms with Gasteiger partial charge in [0.1, 0.15) is 12.5 Å². The number of rotatable bonds is 4. The zero-order valence-corrected chi connectivity index (χ0v) is 13.9. The average molecular weight is 357 g/mol. The molecule has 0 radical (unpaired) electrons. The van der Waals surface area contributed by atoms with Gasteiger partial charge in [-0.1, -0.05) is 48.5 Å². The third-order valence-electron chi connectivity index (χ3n) is 3.17. The monoisotopic (exact) mass is 356 g/mol. The summed E-state index contributed by atoms with van der Waals surface area (Å²) in [5.41, 5.74) is 1.23. The molecule has 116 valence electrons. The molecule has 1 aromatic carbocycles. The maximum absolute atomic E-state index is 12.3. The number of carbonyl (C=O) groups is 1. The highest BCUT2D eigenvalue weighted by molar-refractivity contribution is 7.80. The van der Waals surface area contributed by atoms with Gasteiger partial charge in [0.25, 0.3) is 0 Å². The molecule has 2 atom stereocenters. The van der Waals surface area contributed by atoms with Crippen molar-refractivity contribution in [3.8, 4) is 0 Å². The summed E-state index contributed by atoms with van der Waals surface area (Å²) in [5, 5.41) is 7.12. The molecule has 7 heteroatoms. The number of benzene rings is 1. The van der Waals surface area contributed by atoms with Crippen LogP contribution in [0.3, 0.4) is 0 Å². The van der Waals surface area contributed by atoms with Crippen LogP contribution in [0.5, 0.6) is 0 Å². The molecule has 1 aliphatic heterocycles. The minimum absolute atomic E-state index is 0.126. The van der Waals surface area contributed by atoms with Gasteiger partial charge in [0.15, 0.2) is 5.11 Å². The van der Waals surface area contributed by atoms with Crippen LogP contribution in [0.15, 0.2) is 43.1 Å². The van der Waals surface area contributed by atoms with Crippen LogP contribution in [0, 0.1) is 5.92 Å². The Hall–Kier alpha value is -1.56. The highest BCUT2D eigenvalue weighted by Gasteiger charge is 2.37. The molecule has 1 fully saturated rings. The van der Waals surface area contributed by atoms with Crippen molar-refractivity contribution in [2.75, 3.05) is 6.61 Å². The quantitative estimate of drug-likeness (QED) is 0.492. The first-order valence-corrected chi connectivity index (χ1v) is 7.59. The molecule has 2 rings (SSSR count). The smallest absolute Gasteiger partial charge is 0.317 e. The van der Waals surface area contributed by atoms with Crippen LogP contribution < -0.4 is 10.6 Å². The third-order valence-corrected chi connectivity index (χ3v) is 4.13. The van der Waals surface area contributed by atoms with E-state index in [0.717, 1.165) is 5.56 Å². The number of halogens is 2. The molecule has 0 aliphatic carbocycles. The molecule has 0 spiro atoms. The molecule has 0 unspecified atom stereocenters. The Bertz CT molecular complexity index is 648. The van der Waals surface area contributed by atoms with Crippen molar-refractivity contribution in [1.29, 1.82) is 0 Å². The molecule has 1 aromatic rings. The summed E-state index contributed by atoms with van der Waals surface area (Å²) in [4.78, 5) is 12.3. The van der Waals surface area contributed by atoms with E-state index in [-0.39, 0.29) is 6.61 Å². The van der Waals surface area contributed by atoms with Crippen LogP contribution in [0.25, 0.3) is 0 Å². The molecule has 0 amide bonds. The van der Waals surface area contributed by atoms with E-state index in [0.29, 0.717) is 20.9 Å². The molecular formula is C15H14Cl2N2O2S. The highest BCUT2D eigenvalue weighted by atomic mass is 35.5. The Balaban J connectivity index is 2.35. The van der Waals surface area contributed by atoms with Gasteiger partial charge in [-0.05, 0) is 29.9 Å². The fourth-order valence-electron chi connectivity index (χ4n) is 2.18. The van der Waals surface area contributed by atoms with E-state index in [1.165, 1.54) is 6.08 Å². The van der Waals surface area contributed by atoms with Gasteiger partial charge in [-0.2, -0.15) is 0 Å². The number of hydrogen-bond donors (Lipinski definition) is 2. The lowest BCUT2D eigenvalue weighted by atomic mass is 9.89. The Labute approximate surface area is 144 Å². The van der Waals surface area contributed by atoms with E-state index in [2.05, 4.69) is 23.8 Å². The zero-order valence-electron chi connectivity index (χ0n) is 11.6. The summed E-state index contributed by atoms with van der Waals surface area (Å²) >= 11 is 17.1. The second-order valence-corrected chi connectivity index (χ2v) is 5.89. The zero-order chi connectivity index (χ0) is 16.3. The molecule has 1 saturated heterocycles. The summed E-state index contributed by atoms with van der Waals surface area (Å²) in [6.45, 7) is 7.52. The lowest BCUT2D eigenvalue weighted by molar-refractivity contribution is -0.147. The summed E-state index contributed by atoms with van der Waals surface area (Å²) in [5.74, 6) is -1.08. The van der Waals surface area contributed by atoms with E-state index < -0.39 is 17.9 Å². The molecule has 1 heterocycles. The Morgan fingerprint density at radius 1 is 1.41 bits per heavy atom. The van der Waals surface area contributed by atoms with E-state index in [4.69, 9.17) is 40.2 Å². The summed E-state index contributed by atoms with van der Waals surface area (Å²) in [6, 6.07) is 4.70. The summed E-state index contributed by atoms with van der Waals surface area (Å²) in [7, 11) is 0. The summed E-state index contributed by atoms with van der Waals surface area (Å²) < 4.78 is 5.14. The minimum Gasteiger partial charge on any atom is -0.461 e. The second-order valence-electron chi connectivity index (χ2n) is 4.67. The fraction of sp³-hybridized carbons (Fsp3) is 0.200. The molecule has 0 aromatic heterocycles. The largest absolute Gasteiger partial charge is 0.461 e. The number of thiocarbonyl (C=S) groups is 1. The van der Waals surface area contributed by atoms with Crippen LogP contribution >= 0.6 is 35.4 Å². The maximum Gasteiger partial charge on any atom is 0.317 e. The molecule has 0 bridgehead atoms. The van der Waals surface area contributed by atoms with E-state index in [9.17, 15) is 4.79 Å². The molecule has 22 heavy (non-hydrogen) atoms. The maximum atomic E-state index is 12.3. The van der Waals surface area contributed by atoms with Crippen molar-refractivity contribution in [2.45, 2.75) is 6.04 Å². The normalized spacial score (nSPS) is 20.8. The van der Waals surface area contributed by atoms with Gasteiger partial charge < -0.3 is 15.4 Å². The Morgan fingerprint density at radius 3 is 2.77 bits per heavy atom. The van der Waals surface area contributed by atoms with Gasteiger partial charge in [-0.3, -0.25) is 4.79 Å². The predicted molar refractivity (Wildman–Crippen MR) is 91.9 cm³/mol. The Kier molecular flexibility index (Phi) is 5.45. The van der Waals surface area contributed by atoms with Crippen molar-refractivity contribution in [3.63, 3.8) is 0 Å². The van der Waals surface area contributed by atoms with Gasteiger partial charge >= 0.3 is 5.97 Å². The van der Waals surface area contributed by atoms with Crippen molar-refractivity contribution < 1.29 is 9.53 Å². The van der Waals surface area contributed by atoms with Gasteiger partial charge in [0.05, 0.1) is 16.1 Å². The number of nitrogens with one attached hydrogen (secondary N) is 2. The van der Waals surface area contributed by atoms with E-state index in [1.54, 1.807) is 18.2 Å². The first kappa shape index (κ1) is 16.8. The topological polar surface area (TPSA) is 50.4 Å². The SMILES string of the molecule is C=CCOC(=O)[C@@H]1C(=C)NC(=S)N[C@H]1c1ccc(Cl)c(Cl)c1. The number of carbonyl (C=O) groups excluding carboxylic acids is 1. The van der Waals surface area contributed by atoms with Crippen molar-refractivity contribution >= 4 is 46.5 Å². The average Bonchev–Trinajstić information content (AvgIpc) is 2.46. The molecular weight excluding hydrogens is 343 g/mol. The van der Waals surface area contributed by atoms with Gasteiger partial charge in [0.2, 0.25) is 0 Å². The first-order valence-electron chi connectivity index (χ1n) is 6.43. The number of ether oxygens (including phenoxy) is 1. The van der Waals surface area contributed by atoms with Crippen LogP contribution in [0.2, 0.25) is 10.0 Å². The number of esters is 1. The van der Waals surface area contributed by atoms with E-state index >= 15 is 0 Å². The van der Waals surface area contributed by atoms with Crippen LogP contribution in [0.1, 0.15) is 11.6 Å². The highest BCUT2D eigenvalue weighted by Crippen LogP contribution is 2.33. The molecule has 4 nitrogen and oxygen atoms in total. The van der Waals surface area contributed by atoms with Crippen LogP contribution in [-0.4, -0.2) is 17.7 Å². The Morgan fingerprint density at radius 2 is 2.14 bits per heavy atom. The van der Waals surface area contributed by atoms with Crippen molar-refractivity contribution in [3.05, 3.63) is 58.7 Å². The fourth-order valence-corrected chi connectivity index (χ4v) is 2.74. The first-order chi connectivity index (χ1) is 10.4. The standard InChI is InChI=1S/C15H14Cl2N2O2S/c1-3-6-21-14(20)12-8(2)18-15(22)19-13(12)9-4-5-10(16)11(17)7-9/h3-5,7,12-13H,1-2,6H2,(H2,18,19,22)/t12-,13+/m1/s1. The number of hydrogen-bond acceptors (Lipinski definition) is 3. The lowest BCUT2D eigenvalue weighted by Gasteiger charge is -2.34.